The van der Waals surface area contributed by atoms with Crippen LogP contribution in [-0.2, 0) is 6.42 Å². The fourth-order valence-electron chi connectivity index (χ4n) is 1.33. The van der Waals surface area contributed by atoms with E-state index in [1.54, 1.807) is 6.07 Å². The Labute approximate surface area is 106 Å². The van der Waals surface area contributed by atoms with Crippen LogP contribution in [0.15, 0.2) is 12.1 Å². The van der Waals surface area contributed by atoms with Gasteiger partial charge in [0.15, 0.2) is 0 Å². The van der Waals surface area contributed by atoms with Gasteiger partial charge in [0.1, 0.15) is 5.75 Å². The van der Waals surface area contributed by atoms with Gasteiger partial charge in [-0.2, -0.15) is 0 Å². The highest BCUT2D eigenvalue weighted by molar-refractivity contribution is 6.35. The summed E-state index contributed by atoms with van der Waals surface area (Å²) < 4.78 is 5.53. The van der Waals surface area contributed by atoms with Gasteiger partial charge in [0.05, 0.1) is 11.6 Å². The van der Waals surface area contributed by atoms with Crippen molar-refractivity contribution in [3.8, 4) is 18.1 Å². The molecule has 0 unspecified atom stereocenters. The average molecular weight is 258 g/mol. The molecule has 0 atom stereocenters. The van der Waals surface area contributed by atoms with E-state index in [4.69, 9.17) is 40.1 Å². The highest BCUT2D eigenvalue weighted by atomic mass is 35.5. The topological polar surface area (TPSA) is 35.2 Å². The lowest BCUT2D eigenvalue weighted by Gasteiger charge is -2.12. The molecular weight excluding hydrogens is 245 g/mol. The summed E-state index contributed by atoms with van der Waals surface area (Å²) in [5.74, 6) is 3.13. The molecule has 1 aromatic rings. The van der Waals surface area contributed by atoms with Crippen molar-refractivity contribution in [2.75, 3.05) is 13.2 Å². The molecule has 0 saturated carbocycles. The number of rotatable bonds is 5. The highest BCUT2D eigenvalue weighted by Crippen LogP contribution is 2.32. The SMILES string of the molecule is C#CCCOc1c(Cl)cc(Cl)cc1CCN. The van der Waals surface area contributed by atoms with Gasteiger partial charge >= 0.3 is 0 Å². The van der Waals surface area contributed by atoms with Crippen molar-refractivity contribution in [3.05, 3.63) is 27.7 Å². The molecule has 0 aliphatic rings. The van der Waals surface area contributed by atoms with E-state index in [1.165, 1.54) is 0 Å². The number of benzene rings is 1. The van der Waals surface area contributed by atoms with Gasteiger partial charge in [-0.15, -0.1) is 12.3 Å². The molecule has 16 heavy (non-hydrogen) atoms. The minimum absolute atomic E-state index is 0.440. The maximum absolute atomic E-state index is 6.05. The van der Waals surface area contributed by atoms with Crippen LogP contribution in [-0.4, -0.2) is 13.2 Å². The third-order valence-corrected chi connectivity index (χ3v) is 2.49. The molecule has 86 valence electrons. The summed E-state index contributed by atoms with van der Waals surface area (Å²) in [6.45, 7) is 0.956. The van der Waals surface area contributed by atoms with Gasteiger partial charge in [0.25, 0.3) is 0 Å². The Balaban J connectivity index is 2.90. The van der Waals surface area contributed by atoms with E-state index in [0.717, 1.165) is 5.56 Å². The van der Waals surface area contributed by atoms with Gasteiger partial charge in [0, 0.05) is 11.4 Å². The molecule has 0 heterocycles. The van der Waals surface area contributed by atoms with E-state index in [1.807, 2.05) is 6.07 Å². The fraction of sp³-hybridized carbons (Fsp3) is 0.333. The Bertz CT molecular complexity index is 399. The quantitative estimate of drug-likeness (QED) is 0.651. The van der Waals surface area contributed by atoms with E-state index in [-0.39, 0.29) is 0 Å². The van der Waals surface area contributed by atoms with Crippen LogP contribution in [0, 0.1) is 12.3 Å². The van der Waals surface area contributed by atoms with E-state index >= 15 is 0 Å². The first-order valence-electron chi connectivity index (χ1n) is 4.93. The Kier molecular flexibility index (Phi) is 5.48. The minimum Gasteiger partial charge on any atom is -0.491 e. The summed E-state index contributed by atoms with van der Waals surface area (Å²) in [5.41, 5.74) is 6.42. The van der Waals surface area contributed by atoms with Crippen LogP contribution in [0.3, 0.4) is 0 Å². The second kappa shape index (κ2) is 6.65. The first-order valence-corrected chi connectivity index (χ1v) is 5.69. The Morgan fingerprint density at radius 1 is 1.38 bits per heavy atom. The summed E-state index contributed by atoms with van der Waals surface area (Å²) in [7, 11) is 0. The molecule has 1 aromatic carbocycles. The predicted molar refractivity (Wildman–Crippen MR) is 68.2 cm³/mol. The van der Waals surface area contributed by atoms with E-state index in [9.17, 15) is 0 Å². The van der Waals surface area contributed by atoms with Gasteiger partial charge in [-0.1, -0.05) is 23.2 Å². The second-order valence-electron chi connectivity index (χ2n) is 3.22. The summed E-state index contributed by atoms with van der Waals surface area (Å²) in [5, 5.41) is 1.07. The fourth-order valence-corrected chi connectivity index (χ4v) is 1.92. The molecule has 0 spiro atoms. The van der Waals surface area contributed by atoms with Crippen molar-refractivity contribution >= 4 is 23.2 Å². The standard InChI is InChI=1S/C12H13Cl2NO/c1-2-3-6-16-12-9(4-5-15)7-10(13)8-11(12)14/h1,7-8H,3-6,15H2. The summed E-state index contributed by atoms with van der Waals surface area (Å²) >= 11 is 12.0. The molecule has 2 N–H and O–H groups in total. The van der Waals surface area contributed by atoms with Crippen molar-refractivity contribution in [2.24, 2.45) is 5.73 Å². The van der Waals surface area contributed by atoms with E-state index in [0.29, 0.717) is 41.8 Å². The number of nitrogens with two attached hydrogens (primary N) is 1. The van der Waals surface area contributed by atoms with Crippen molar-refractivity contribution in [1.29, 1.82) is 0 Å². The maximum Gasteiger partial charge on any atom is 0.141 e. The van der Waals surface area contributed by atoms with Gasteiger partial charge in [-0.3, -0.25) is 0 Å². The largest absolute Gasteiger partial charge is 0.491 e. The molecule has 0 radical (unpaired) electrons. The predicted octanol–water partition coefficient (Wildman–Crippen LogP) is 2.90. The third kappa shape index (κ3) is 3.61. The normalized spacial score (nSPS) is 9.88. The van der Waals surface area contributed by atoms with Crippen LogP contribution in [0.25, 0.3) is 0 Å². The molecule has 0 saturated heterocycles. The van der Waals surface area contributed by atoms with Gasteiger partial charge in [0.2, 0.25) is 0 Å². The van der Waals surface area contributed by atoms with Crippen molar-refractivity contribution in [2.45, 2.75) is 12.8 Å². The van der Waals surface area contributed by atoms with E-state index < -0.39 is 0 Å². The van der Waals surface area contributed by atoms with Crippen molar-refractivity contribution < 1.29 is 4.74 Å². The van der Waals surface area contributed by atoms with Crippen molar-refractivity contribution in [3.63, 3.8) is 0 Å². The molecule has 0 bridgehead atoms. The molecular formula is C12H13Cl2NO. The average Bonchev–Trinajstić information content (AvgIpc) is 2.22. The van der Waals surface area contributed by atoms with Crippen LogP contribution >= 0.6 is 23.2 Å². The smallest absolute Gasteiger partial charge is 0.141 e. The highest BCUT2D eigenvalue weighted by Gasteiger charge is 2.09. The lowest BCUT2D eigenvalue weighted by atomic mass is 10.1. The number of hydrogen-bond donors (Lipinski definition) is 1. The zero-order valence-electron chi connectivity index (χ0n) is 8.80. The van der Waals surface area contributed by atoms with Crippen LogP contribution in [0.2, 0.25) is 10.0 Å². The van der Waals surface area contributed by atoms with Crippen LogP contribution in [0.5, 0.6) is 5.75 Å². The Hall–Kier alpha value is -0.880. The lowest BCUT2D eigenvalue weighted by Crippen LogP contribution is -2.06. The van der Waals surface area contributed by atoms with Crippen LogP contribution in [0.1, 0.15) is 12.0 Å². The molecule has 4 heteroatoms. The molecule has 1 rings (SSSR count). The first kappa shape index (κ1) is 13.2. The molecule has 0 aliphatic carbocycles. The Morgan fingerprint density at radius 2 is 2.12 bits per heavy atom. The van der Waals surface area contributed by atoms with Gasteiger partial charge < -0.3 is 10.5 Å². The first-order chi connectivity index (χ1) is 7.69. The number of terminal acetylenes is 1. The maximum atomic E-state index is 6.05. The molecule has 0 amide bonds. The zero-order chi connectivity index (χ0) is 12.0. The number of halogens is 2. The minimum atomic E-state index is 0.440. The molecule has 0 fully saturated rings. The third-order valence-electron chi connectivity index (χ3n) is 1.99. The van der Waals surface area contributed by atoms with Gasteiger partial charge in [-0.25, -0.2) is 0 Å². The zero-order valence-corrected chi connectivity index (χ0v) is 10.3. The number of hydrogen-bond acceptors (Lipinski definition) is 2. The lowest BCUT2D eigenvalue weighted by molar-refractivity contribution is 0.324. The summed E-state index contributed by atoms with van der Waals surface area (Å²) in [6.07, 6.45) is 6.36. The second-order valence-corrected chi connectivity index (χ2v) is 4.06. The van der Waals surface area contributed by atoms with Gasteiger partial charge in [-0.05, 0) is 30.7 Å². The van der Waals surface area contributed by atoms with E-state index in [2.05, 4.69) is 5.92 Å². The number of ether oxygens (including phenoxy) is 1. The summed E-state index contributed by atoms with van der Waals surface area (Å²) in [6, 6.07) is 3.46. The Morgan fingerprint density at radius 3 is 2.75 bits per heavy atom. The van der Waals surface area contributed by atoms with Crippen molar-refractivity contribution in [1.82, 2.24) is 0 Å². The van der Waals surface area contributed by atoms with Crippen LogP contribution < -0.4 is 10.5 Å². The monoisotopic (exact) mass is 257 g/mol. The molecule has 2 nitrogen and oxygen atoms in total. The molecule has 0 aliphatic heterocycles. The molecule has 0 aromatic heterocycles. The summed E-state index contributed by atoms with van der Waals surface area (Å²) in [4.78, 5) is 0. The van der Waals surface area contributed by atoms with Crippen LogP contribution in [0.4, 0.5) is 0 Å².